The molecule has 110 valence electrons. The largest absolute Gasteiger partial charge is 0.465 e. The minimum absolute atomic E-state index is 0.151. The Hall–Kier alpha value is -2.14. The number of benzene rings is 2. The molecule has 0 saturated carbocycles. The predicted octanol–water partition coefficient (Wildman–Crippen LogP) is 4.02. The Morgan fingerprint density at radius 2 is 1.90 bits per heavy atom. The van der Waals surface area contributed by atoms with Crippen LogP contribution >= 0.6 is 11.6 Å². The summed E-state index contributed by atoms with van der Waals surface area (Å²) < 4.78 is 31.5. The summed E-state index contributed by atoms with van der Waals surface area (Å²) in [5.74, 6) is -1.85. The van der Waals surface area contributed by atoms with E-state index < -0.39 is 17.6 Å². The lowest BCUT2D eigenvalue weighted by atomic mass is 10.1. The second kappa shape index (κ2) is 6.54. The van der Waals surface area contributed by atoms with Crippen molar-refractivity contribution >= 4 is 23.3 Å². The number of rotatable bonds is 4. The number of ether oxygens (including phenoxy) is 1. The number of hydrogen-bond acceptors (Lipinski definition) is 3. The second-order valence-electron chi connectivity index (χ2n) is 4.28. The molecule has 2 rings (SSSR count). The lowest BCUT2D eigenvalue weighted by Crippen LogP contribution is -2.07. The van der Waals surface area contributed by atoms with Crippen LogP contribution in [-0.4, -0.2) is 13.1 Å². The average molecular weight is 312 g/mol. The van der Waals surface area contributed by atoms with Crippen molar-refractivity contribution in [1.82, 2.24) is 0 Å². The molecular weight excluding hydrogens is 300 g/mol. The fourth-order valence-corrected chi connectivity index (χ4v) is 1.97. The normalized spacial score (nSPS) is 10.3. The van der Waals surface area contributed by atoms with Crippen LogP contribution in [0.1, 0.15) is 15.9 Å². The Labute approximate surface area is 125 Å². The van der Waals surface area contributed by atoms with Crippen LogP contribution in [0.15, 0.2) is 36.4 Å². The van der Waals surface area contributed by atoms with Crippen molar-refractivity contribution in [3.8, 4) is 0 Å². The van der Waals surface area contributed by atoms with Gasteiger partial charge >= 0.3 is 5.97 Å². The molecule has 0 radical (unpaired) electrons. The highest BCUT2D eigenvalue weighted by atomic mass is 35.5. The van der Waals surface area contributed by atoms with Crippen LogP contribution in [-0.2, 0) is 11.3 Å². The quantitative estimate of drug-likeness (QED) is 0.867. The van der Waals surface area contributed by atoms with Crippen molar-refractivity contribution in [2.45, 2.75) is 6.54 Å². The SMILES string of the molecule is COC(=O)c1cc(NCc2cc(Cl)ccc2F)ccc1F. The minimum atomic E-state index is -0.773. The summed E-state index contributed by atoms with van der Waals surface area (Å²) in [6.45, 7) is 0.151. The highest BCUT2D eigenvalue weighted by Gasteiger charge is 2.13. The Morgan fingerprint density at radius 1 is 1.19 bits per heavy atom. The van der Waals surface area contributed by atoms with Gasteiger partial charge in [0.05, 0.1) is 12.7 Å². The first-order valence-corrected chi connectivity index (χ1v) is 6.44. The van der Waals surface area contributed by atoms with Gasteiger partial charge in [-0.15, -0.1) is 0 Å². The molecule has 0 atom stereocenters. The third-order valence-corrected chi connectivity index (χ3v) is 3.10. The third-order valence-electron chi connectivity index (χ3n) is 2.86. The molecule has 0 aliphatic carbocycles. The van der Waals surface area contributed by atoms with E-state index >= 15 is 0 Å². The molecule has 0 aromatic heterocycles. The first-order chi connectivity index (χ1) is 10.0. The lowest BCUT2D eigenvalue weighted by Gasteiger charge is -2.09. The van der Waals surface area contributed by atoms with E-state index in [-0.39, 0.29) is 12.1 Å². The number of hydrogen-bond donors (Lipinski definition) is 1. The number of anilines is 1. The third kappa shape index (κ3) is 3.70. The Morgan fingerprint density at radius 3 is 2.62 bits per heavy atom. The molecule has 1 N–H and O–H groups in total. The summed E-state index contributed by atoms with van der Waals surface area (Å²) in [6.07, 6.45) is 0. The van der Waals surface area contributed by atoms with Gasteiger partial charge in [-0.3, -0.25) is 0 Å². The first kappa shape index (κ1) is 15.3. The van der Waals surface area contributed by atoms with Crippen LogP contribution in [0.5, 0.6) is 0 Å². The summed E-state index contributed by atoms with van der Waals surface area (Å²) in [4.78, 5) is 11.4. The topological polar surface area (TPSA) is 38.3 Å². The van der Waals surface area contributed by atoms with Crippen LogP contribution in [0.4, 0.5) is 14.5 Å². The van der Waals surface area contributed by atoms with Crippen molar-refractivity contribution in [2.75, 3.05) is 12.4 Å². The molecule has 3 nitrogen and oxygen atoms in total. The molecule has 0 spiro atoms. The van der Waals surface area contributed by atoms with E-state index in [1.807, 2.05) is 0 Å². The molecule has 0 aliphatic heterocycles. The van der Waals surface area contributed by atoms with Gasteiger partial charge in [-0.05, 0) is 36.4 Å². The Bertz CT molecular complexity index is 677. The van der Waals surface area contributed by atoms with Gasteiger partial charge < -0.3 is 10.1 Å². The van der Waals surface area contributed by atoms with Crippen molar-refractivity contribution in [3.05, 3.63) is 64.2 Å². The highest BCUT2D eigenvalue weighted by Crippen LogP contribution is 2.19. The Balaban J connectivity index is 2.17. The van der Waals surface area contributed by atoms with Gasteiger partial charge in [0, 0.05) is 22.8 Å². The summed E-state index contributed by atoms with van der Waals surface area (Å²) in [7, 11) is 1.17. The zero-order valence-electron chi connectivity index (χ0n) is 11.1. The Kier molecular flexibility index (Phi) is 4.75. The van der Waals surface area contributed by atoms with Gasteiger partial charge in [-0.25, -0.2) is 13.6 Å². The maximum atomic E-state index is 13.6. The summed E-state index contributed by atoms with van der Waals surface area (Å²) >= 11 is 5.80. The average Bonchev–Trinajstić information content (AvgIpc) is 2.48. The van der Waals surface area contributed by atoms with Crippen LogP contribution < -0.4 is 5.32 Å². The standard InChI is InChI=1S/C15H12ClF2NO2/c1-21-15(20)12-7-11(3-5-14(12)18)19-8-9-6-10(16)2-4-13(9)17/h2-7,19H,8H2,1H3. The van der Waals surface area contributed by atoms with Crippen molar-refractivity contribution in [2.24, 2.45) is 0 Å². The van der Waals surface area contributed by atoms with E-state index in [1.54, 1.807) is 0 Å². The molecule has 21 heavy (non-hydrogen) atoms. The maximum Gasteiger partial charge on any atom is 0.340 e. The van der Waals surface area contributed by atoms with Gasteiger partial charge in [-0.2, -0.15) is 0 Å². The number of nitrogens with one attached hydrogen (secondary N) is 1. The molecule has 0 fully saturated rings. The highest BCUT2D eigenvalue weighted by molar-refractivity contribution is 6.30. The van der Waals surface area contributed by atoms with E-state index in [9.17, 15) is 13.6 Å². The molecule has 0 bridgehead atoms. The summed E-state index contributed by atoms with van der Waals surface area (Å²) in [6, 6.07) is 8.11. The molecule has 0 unspecified atom stereocenters. The number of carbonyl (C=O) groups is 1. The number of methoxy groups -OCH3 is 1. The van der Waals surface area contributed by atoms with Gasteiger partial charge in [0.1, 0.15) is 11.6 Å². The minimum Gasteiger partial charge on any atom is -0.465 e. The molecule has 0 amide bonds. The van der Waals surface area contributed by atoms with Crippen molar-refractivity contribution in [1.29, 1.82) is 0 Å². The van der Waals surface area contributed by atoms with Gasteiger partial charge in [0.2, 0.25) is 0 Å². The summed E-state index contributed by atoms with van der Waals surface area (Å²) in [5, 5.41) is 3.32. The molecule has 2 aromatic carbocycles. The fourth-order valence-electron chi connectivity index (χ4n) is 1.78. The van der Waals surface area contributed by atoms with Crippen LogP contribution in [0.2, 0.25) is 5.02 Å². The molecule has 6 heteroatoms. The molecule has 0 saturated heterocycles. The maximum absolute atomic E-state index is 13.6. The molecule has 2 aromatic rings. The molecular formula is C15H12ClF2NO2. The van der Waals surface area contributed by atoms with Gasteiger partial charge in [0.15, 0.2) is 0 Å². The fraction of sp³-hybridized carbons (Fsp3) is 0.133. The van der Waals surface area contributed by atoms with E-state index in [1.165, 1.54) is 37.4 Å². The van der Waals surface area contributed by atoms with Crippen molar-refractivity contribution < 1.29 is 18.3 Å². The van der Waals surface area contributed by atoms with E-state index in [0.717, 1.165) is 6.07 Å². The van der Waals surface area contributed by atoms with Crippen LogP contribution in [0.3, 0.4) is 0 Å². The monoisotopic (exact) mass is 311 g/mol. The lowest BCUT2D eigenvalue weighted by molar-refractivity contribution is 0.0595. The molecule has 0 aliphatic rings. The van der Waals surface area contributed by atoms with Crippen molar-refractivity contribution in [3.63, 3.8) is 0 Å². The predicted molar refractivity (Wildman–Crippen MR) is 76.5 cm³/mol. The number of carbonyl (C=O) groups excluding carboxylic acids is 1. The summed E-state index contributed by atoms with van der Waals surface area (Å²) in [5.41, 5.74) is 0.650. The number of halogens is 3. The zero-order valence-corrected chi connectivity index (χ0v) is 11.9. The first-order valence-electron chi connectivity index (χ1n) is 6.07. The molecule has 0 heterocycles. The number of esters is 1. The smallest absolute Gasteiger partial charge is 0.340 e. The van der Waals surface area contributed by atoms with Crippen LogP contribution in [0.25, 0.3) is 0 Å². The van der Waals surface area contributed by atoms with Gasteiger partial charge in [0.25, 0.3) is 0 Å². The van der Waals surface area contributed by atoms with E-state index in [2.05, 4.69) is 10.1 Å². The zero-order chi connectivity index (χ0) is 15.4. The second-order valence-corrected chi connectivity index (χ2v) is 4.71. The van der Waals surface area contributed by atoms with E-state index in [4.69, 9.17) is 11.6 Å². The van der Waals surface area contributed by atoms with Crippen LogP contribution in [0, 0.1) is 11.6 Å². The van der Waals surface area contributed by atoms with E-state index in [0.29, 0.717) is 16.3 Å². The van der Waals surface area contributed by atoms with Gasteiger partial charge in [-0.1, -0.05) is 11.6 Å².